The predicted octanol–water partition coefficient (Wildman–Crippen LogP) is 8.24. The minimum atomic E-state index is 0.0344. The van der Waals surface area contributed by atoms with Crippen molar-refractivity contribution < 1.29 is 9.90 Å². The molecule has 2 aliphatic carbocycles. The largest absolute Gasteiger partial charge is 0.506 e. The van der Waals surface area contributed by atoms with Gasteiger partial charge < -0.3 is 15.7 Å². The van der Waals surface area contributed by atoms with Gasteiger partial charge in [0.2, 0.25) is 0 Å². The molecule has 216 valence electrons. The molecule has 0 aliphatic heterocycles. The van der Waals surface area contributed by atoms with Crippen LogP contribution in [0.1, 0.15) is 80.3 Å². The zero-order chi connectivity index (χ0) is 29.1. The Balaban J connectivity index is 1.13. The van der Waals surface area contributed by atoms with Gasteiger partial charge in [-0.15, -0.1) is 0 Å². The number of fused-ring (bicyclic) bond motifs is 1. The van der Waals surface area contributed by atoms with Crippen molar-refractivity contribution >= 4 is 22.5 Å². The van der Waals surface area contributed by atoms with Crippen LogP contribution in [0.25, 0.3) is 27.7 Å². The molecule has 5 nitrogen and oxygen atoms in total. The molecule has 2 fully saturated rings. The Kier molecular flexibility index (Phi) is 8.27. The van der Waals surface area contributed by atoms with Gasteiger partial charge in [-0.25, -0.2) is 0 Å². The molecule has 2 saturated carbocycles. The zero-order valence-corrected chi connectivity index (χ0v) is 24.7. The first-order valence-electron chi connectivity index (χ1n) is 15.5. The highest BCUT2D eigenvalue weighted by atomic mass is 16.3. The number of benzene rings is 3. The van der Waals surface area contributed by atoms with E-state index in [9.17, 15) is 9.90 Å². The number of amides is 1. The van der Waals surface area contributed by atoms with E-state index < -0.39 is 0 Å². The lowest BCUT2D eigenvalue weighted by atomic mass is 9.79. The standard InChI is InChI=1S/C37H41N3O2/c1-24(2)26-15-17-33(18-16-26)40-37(42)28-13-11-25(12-14-28)23-39-35(27-6-3-7-27)30-9-4-8-29(20-30)32-21-31-10-5-19-38-36(31)34(41)22-32/h4-5,8-14,19-22,24,26,33,39,41H,3,6-7,15-18,23H2,1-2H3,(H,40,42). The van der Waals surface area contributed by atoms with Gasteiger partial charge in [0, 0.05) is 35.4 Å². The lowest BCUT2D eigenvalue weighted by Crippen LogP contribution is -2.38. The van der Waals surface area contributed by atoms with Crippen LogP contribution in [0.5, 0.6) is 5.75 Å². The van der Waals surface area contributed by atoms with E-state index in [1.54, 1.807) is 12.3 Å². The van der Waals surface area contributed by atoms with E-state index in [-0.39, 0.29) is 17.7 Å². The van der Waals surface area contributed by atoms with Gasteiger partial charge in [0.15, 0.2) is 0 Å². The highest BCUT2D eigenvalue weighted by Crippen LogP contribution is 2.35. The molecule has 1 heterocycles. The van der Waals surface area contributed by atoms with Crippen LogP contribution < -0.4 is 10.6 Å². The van der Waals surface area contributed by atoms with E-state index in [0.717, 1.165) is 70.7 Å². The Labute approximate surface area is 249 Å². The summed E-state index contributed by atoms with van der Waals surface area (Å²) in [5.41, 5.74) is 8.29. The van der Waals surface area contributed by atoms with Crippen molar-refractivity contribution in [3.8, 4) is 16.9 Å². The smallest absolute Gasteiger partial charge is 0.251 e. The maximum Gasteiger partial charge on any atom is 0.251 e. The molecule has 2 aliphatic rings. The van der Waals surface area contributed by atoms with E-state index >= 15 is 0 Å². The zero-order valence-electron chi connectivity index (χ0n) is 24.7. The number of rotatable bonds is 8. The number of carbonyl (C=O) groups is 1. The van der Waals surface area contributed by atoms with E-state index in [1.807, 2.05) is 24.3 Å². The molecule has 1 amide bonds. The number of carbonyl (C=O) groups excluding carboxylic acids is 1. The quantitative estimate of drug-likeness (QED) is 0.203. The van der Waals surface area contributed by atoms with Crippen LogP contribution in [0.4, 0.5) is 0 Å². The molecular formula is C37H41N3O2. The summed E-state index contributed by atoms with van der Waals surface area (Å²) in [5, 5.41) is 18.5. The fourth-order valence-corrected chi connectivity index (χ4v) is 6.39. The van der Waals surface area contributed by atoms with Gasteiger partial charge in [-0.3, -0.25) is 9.78 Å². The third kappa shape index (κ3) is 6.20. The highest BCUT2D eigenvalue weighted by molar-refractivity contribution is 5.94. The normalized spacial score (nSPS) is 18.5. The lowest BCUT2D eigenvalue weighted by molar-refractivity contribution is 0.0918. The lowest BCUT2D eigenvalue weighted by Gasteiger charge is -2.31. The third-order valence-electron chi connectivity index (χ3n) is 9.22. The third-order valence-corrected chi connectivity index (χ3v) is 9.22. The van der Waals surface area contributed by atoms with Crippen LogP contribution in [0.15, 0.2) is 84.6 Å². The number of hydrogen-bond donors (Lipinski definition) is 3. The average molecular weight is 560 g/mol. The number of nitrogens with one attached hydrogen (secondary N) is 2. The summed E-state index contributed by atoms with van der Waals surface area (Å²) in [5.74, 6) is 1.74. The van der Waals surface area contributed by atoms with Crippen LogP contribution in [0.2, 0.25) is 0 Å². The molecule has 0 unspecified atom stereocenters. The molecular weight excluding hydrogens is 518 g/mol. The molecule has 42 heavy (non-hydrogen) atoms. The number of nitrogens with zero attached hydrogens (tertiary/aromatic N) is 1. The van der Waals surface area contributed by atoms with Gasteiger partial charge in [-0.1, -0.05) is 50.2 Å². The van der Waals surface area contributed by atoms with Gasteiger partial charge in [-0.05, 0) is 121 Å². The number of pyridine rings is 1. The minimum Gasteiger partial charge on any atom is -0.506 e. The Morgan fingerprint density at radius 3 is 2.40 bits per heavy atom. The second-order valence-corrected chi connectivity index (χ2v) is 12.4. The van der Waals surface area contributed by atoms with Crippen LogP contribution in [0, 0.1) is 11.8 Å². The average Bonchev–Trinajstić information content (AvgIpc) is 2.99. The van der Waals surface area contributed by atoms with Crippen LogP contribution in [-0.2, 0) is 6.54 Å². The highest BCUT2D eigenvalue weighted by Gasteiger charge is 2.24. The predicted molar refractivity (Wildman–Crippen MR) is 171 cm³/mol. The first kappa shape index (κ1) is 28.0. The Hall–Kier alpha value is -4.12. The molecule has 0 saturated heterocycles. The Morgan fingerprint density at radius 1 is 0.905 bits per heavy atom. The van der Waals surface area contributed by atoms with Crippen LogP contribution >= 0.6 is 0 Å². The fraction of sp³-hybridized carbons (Fsp3) is 0.351. The number of phenolic OH excluding ortho intramolecular Hbond substituents is 1. The summed E-state index contributed by atoms with van der Waals surface area (Å²) >= 11 is 0. The van der Waals surface area contributed by atoms with Crippen molar-refractivity contribution in [2.24, 2.45) is 11.8 Å². The molecule has 6 rings (SSSR count). The summed E-state index contributed by atoms with van der Waals surface area (Å²) in [6, 6.07) is 24.6. The molecule has 0 radical (unpaired) electrons. The minimum absolute atomic E-state index is 0.0344. The van der Waals surface area contributed by atoms with Crippen molar-refractivity contribution in [3.63, 3.8) is 0 Å². The van der Waals surface area contributed by atoms with Gasteiger partial charge in [0.05, 0.1) is 0 Å². The number of allylic oxidation sites excluding steroid dienone is 1. The van der Waals surface area contributed by atoms with Gasteiger partial charge in [-0.2, -0.15) is 0 Å². The SMILES string of the molecule is CC(C)C1CCC(NC(=O)c2ccc(CNC(=C3CCC3)c3cccc(-c4cc(O)c5ncccc5c4)c3)cc2)CC1. The first-order chi connectivity index (χ1) is 20.4. The molecule has 3 aromatic carbocycles. The van der Waals surface area contributed by atoms with Crippen LogP contribution in [-0.4, -0.2) is 22.0 Å². The van der Waals surface area contributed by atoms with E-state index in [0.29, 0.717) is 12.1 Å². The molecule has 5 heteroatoms. The maximum absolute atomic E-state index is 12.9. The summed E-state index contributed by atoms with van der Waals surface area (Å²) < 4.78 is 0. The van der Waals surface area contributed by atoms with E-state index in [2.05, 4.69) is 71.9 Å². The van der Waals surface area contributed by atoms with Gasteiger partial charge >= 0.3 is 0 Å². The molecule has 3 N–H and O–H groups in total. The summed E-state index contributed by atoms with van der Waals surface area (Å²) in [4.78, 5) is 17.2. The Morgan fingerprint density at radius 2 is 1.69 bits per heavy atom. The monoisotopic (exact) mass is 559 g/mol. The summed E-state index contributed by atoms with van der Waals surface area (Å²) in [6.45, 7) is 5.30. The second-order valence-electron chi connectivity index (χ2n) is 12.4. The summed E-state index contributed by atoms with van der Waals surface area (Å²) in [7, 11) is 0. The first-order valence-corrected chi connectivity index (χ1v) is 15.5. The maximum atomic E-state index is 12.9. The fourth-order valence-electron chi connectivity index (χ4n) is 6.39. The number of aromatic hydroxyl groups is 1. The van der Waals surface area contributed by atoms with E-state index in [4.69, 9.17) is 0 Å². The number of hydrogen-bond acceptors (Lipinski definition) is 4. The van der Waals surface area contributed by atoms with Crippen molar-refractivity contribution in [1.82, 2.24) is 15.6 Å². The Bertz CT molecular complexity index is 1590. The van der Waals surface area contributed by atoms with Crippen molar-refractivity contribution in [2.75, 3.05) is 0 Å². The molecule has 0 atom stereocenters. The summed E-state index contributed by atoms with van der Waals surface area (Å²) in [6.07, 6.45) is 9.69. The van der Waals surface area contributed by atoms with E-state index in [1.165, 1.54) is 30.5 Å². The van der Waals surface area contributed by atoms with Crippen molar-refractivity contribution in [2.45, 2.75) is 71.4 Å². The van der Waals surface area contributed by atoms with Crippen molar-refractivity contribution in [1.29, 1.82) is 0 Å². The topological polar surface area (TPSA) is 74.2 Å². The van der Waals surface area contributed by atoms with Crippen molar-refractivity contribution in [3.05, 3.63) is 101 Å². The molecule has 0 spiro atoms. The van der Waals surface area contributed by atoms with Crippen LogP contribution in [0.3, 0.4) is 0 Å². The number of aromatic nitrogens is 1. The molecule has 1 aromatic heterocycles. The second kappa shape index (κ2) is 12.4. The molecule has 4 aromatic rings. The molecule has 0 bridgehead atoms. The van der Waals surface area contributed by atoms with Gasteiger partial charge in [0.1, 0.15) is 11.3 Å². The van der Waals surface area contributed by atoms with Gasteiger partial charge in [0.25, 0.3) is 5.91 Å². The number of phenols is 1.